The number of hydrogen-bond donors (Lipinski definition) is 1. The highest BCUT2D eigenvalue weighted by atomic mass is 35.5. The zero-order valence-electron chi connectivity index (χ0n) is 15.0. The van der Waals surface area contributed by atoms with Gasteiger partial charge in [0.2, 0.25) is 0 Å². The van der Waals surface area contributed by atoms with Crippen molar-refractivity contribution < 1.29 is 19.4 Å². The van der Waals surface area contributed by atoms with E-state index < -0.39 is 11.8 Å². The zero-order chi connectivity index (χ0) is 19.4. The van der Waals surface area contributed by atoms with Crippen molar-refractivity contribution in [2.45, 2.75) is 20.0 Å². The lowest BCUT2D eigenvalue weighted by Gasteiger charge is -2.20. The molecule has 0 aliphatic carbocycles. The summed E-state index contributed by atoms with van der Waals surface area (Å²) in [4.78, 5) is 28.5. The predicted octanol–water partition coefficient (Wildman–Crippen LogP) is 2.42. The van der Waals surface area contributed by atoms with Crippen LogP contribution in [0.4, 0.5) is 0 Å². The van der Waals surface area contributed by atoms with Crippen molar-refractivity contribution in [2.75, 3.05) is 33.4 Å². The third-order valence-corrected chi connectivity index (χ3v) is 4.48. The van der Waals surface area contributed by atoms with E-state index in [1.165, 1.54) is 6.07 Å². The van der Waals surface area contributed by atoms with E-state index in [1.54, 1.807) is 24.1 Å². The van der Waals surface area contributed by atoms with E-state index in [0.29, 0.717) is 10.6 Å². The number of aliphatic hydroxyl groups is 1. The van der Waals surface area contributed by atoms with Crippen molar-refractivity contribution in [1.82, 2.24) is 9.80 Å². The Morgan fingerprint density at radius 3 is 2.50 bits per heavy atom. The van der Waals surface area contributed by atoms with Crippen LogP contribution in [-0.2, 0) is 14.3 Å². The van der Waals surface area contributed by atoms with Crippen LogP contribution in [0.25, 0.3) is 5.57 Å². The molecule has 26 heavy (non-hydrogen) atoms. The summed E-state index contributed by atoms with van der Waals surface area (Å²) in [6, 6.07) is 4.76. The molecule has 8 heteroatoms. The molecular weight excluding hydrogens is 379 g/mol. The van der Waals surface area contributed by atoms with Gasteiger partial charge in [0.1, 0.15) is 5.70 Å². The van der Waals surface area contributed by atoms with Crippen LogP contribution in [0.3, 0.4) is 0 Å². The number of carbonyl (C=O) groups excluding carboxylic acids is 2. The molecule has 142 valence electrons. The molecule has 1 N–H and O–H groups in total. The highest BCUT2D eigenvalue weighted by molar-refractivity contribution is 6.41. The maximum atomic E-state index is 13.0. The van der Waals surface area contributed by atoms with E-state index >= 15 is 0 Å². The van der Waals surface area contributed by atoms with Crippen LogP contribution in [0.15, 0.2) is 23.9 Å². The molecule has 0 spiro atoms. The Kier molecular flexibility index (Phi) is 7.06. The molecule has 2 rings (SSSR count). The number of imide groups is 1. The normalized spacial score (nSPS) is 14.8. The van der Waals surface area contributed by atoms with Gasteiger partial charge in [-0.05, 0) is 26.0 Å². The topological polar surface area (TPSA) is 70.1 Å². The maximum absolute atomic E-state index is 13.0. The second-order valence-corrected chi connectivity index (χ2v) is 7.02. The van der Waals surface area contributed by atoms with Gasteiger partial charge in [-0.1, -0.05) is 29.3 Å². The molecule has 0 aromatic heterocycles. The minimum atomic E-state index is -0.439. The molecule has 0 saturated carbocycles. The number of hydrogen-bond acceptors (Lipinski definition) is 5. The molecule has 1 aromatic carbocycles. The lowest BCUT2D eigenvalue weighted by Crippen LogP contribution is -2.37. The first-order chi connectivity index (χ1) is 12.3. The maximum Gasteiger partial charge on any atom is 0.277 e. The highest BCUT2D eigenvalue weighted by Gasteiger charge is 2.41. The summed E-state index contributed by atoms with van der Waals surface area (Å²) in [5.41, 5.74) is 0.844. The first kappa shape index (κ1) is 20.7. The second kappa shape index (κ2) is 8.86. The molecule has 0 unspecified atom stereocenters. The largest absolute Gasteiger partial charge is 0.395 e. The molecule has 1 aliphatic rings. The monoisotopic (exact) mass is 400 g/mol. The summed E-state index contributed by atoms with van der Waals surface area (Å²) in [6.07, 6.45) is -0.00233. The number of benzene rings is 1. The smallest absolute Gasteiger partial charge is 0.277 e. The van der Waals surface area contributed by atoms with Crippen LogP contribution in [0.2, 0.25) is 10.0 Å². The van der Waals surface area contributed by atoms with Crippen LogP contribution >= 0.6 is 23.2 Å². The predicted molar refractivity (Wildman–Crippen MR) is 101 cm³/mol. The Morgan fingerprint density at radius 2 is 1.92 bits per heavy atom. The van der Waals surface area contributed by atoms with Crippen molar-refractivity contribution >= 4 is 40.6 Å². The summed E-state index contributed by atoms with van der Waals surface area (Å²) in [6.45, 7) is 4.20. The fourth-order valence-electron chi connectivity index (χ4n) is 2.70. The summed E-state index contributed by atoms with van der Waals surface area (Å²) in [5, 5.41) is 9.94. The molecule has 6 nitrogen and oxygen atoms in total. The minimum absolute atomic E-state index is 0.00233. The molecule has 1 aromatic rings. The van der Waals surface area contributed by atoms with Gasteiger partial charge in [0.25, 0.3) is 11.8 Å². The molecule has 0 radical (unpaired) electrons. The third kappa shape index (κ3) is 4.38. The number of carbonyl (C=O) groups is 2. The molecule has 2 amide bonds. The first-order valence-electron chi connectivity index (χ1n) is 8.27. The molecule has 0 fully saturated rings. The Bertz CT molecular complexity index is 734. The summed E-state index contributed by atoms with van der Waals surface area (Å²) in [7, 11) is 1.65. The van der Waals surface area contributed by atoms with Crippen LogP contribution < -0.4 is 0 Å². The molecular formula is C18H22Cl2N2O4. The quantitative estimate of drug-likeness (QED) is 0.678. The van der Waals surface area contributed by atoms with E-state index in [0.717, 1.165) is 4.90 Å². The van der Waals surface area contributed by atoms with E-state index in [1.807, 2.05) is 13.8 Å². The van der Waals surface area contributed by atoms with Crippen LogP contribution in [-0.4, -0.2) is 66.2 Å². The van der Waals surface area contributed by atoms with Gasteiger partial charge < -0.3 is 14.7 Å². The van der Waals surface area contributed by atoms with Crippen LogP contribution in [0.1, 0.15) is 19.4 Å². The van der Waals surface area contributed by atoms with Crippen molar-refractivity contribution in [2.24, 2.45) is 0 Å². The number of rotatable bonds is 8. The molecule has 0 saturated heterocycles. The average molecular weight is 401 g/mol. The standard InChI is InChI=1S/C18H22Cl2N2O4/c1-11(2)26-9-7-22-17(24)15(13-5-4-12(19)10-14(13)20)16(18(22)25)21(3)6-8-23/h4-5,10-11,23H,6-9H2,1-3H3. The van der Waals surface area contributed by atoms with Crippen molar-refractivity contribution in [1.29, 1.82) is 0 Å². The highest BCUT2D eigenvalue weighted by Crippen LogP contribution is 2.35. The second-order valence-electron chi connectivity index (χ2n) is 6.17. The lowest BCUT2D eigenvalue weighted by atomic mass is 10.0. The Morgan fingerprint density at radius 1 is 1.23 bits per heavy atom. The number of halogens is 2. The molecule has 1 heterocycles. The number of ether oxygens (including phenoxy) is 1. The van der Waals surface area contributed by atoms with E-state index in [9.17, 15) is 14.7 Å². The van der Waals surface area contributed by atoms with Gasteiger partial charge in [-0.2, -0.15) is 0 Å². The van der Waals surface area contributed by atoms with Gasteiger partial charge in [0, 0.05) is 24.2 Å². The number of nitrogens with zero attached hydrogens (tertiary/aromatic N) is 2. The molecule has 0 atom stereocenters. The Labute approximate surface area is 162 Å². The Balaban J connectivity index is 2.43. The van der Waals surface area contributed by atoms with Crippen molar-refractivity contribution in [3.63, 3.8) is 0 Å². The van der Waals surface area contributed by atoms with Crippen LogP contribution in [0, 0.1) is 0 Å². The van der Waals surface area contributed by atoms with E-state index in [2.05, 4.69) is 0 Å². The summed E-state index contributed by atoms with van der Waals surface area (Å²) in [5.74, 6) is -0.870. The number of amides is 2. The van der Waals surface area contributed by atoms with Gasteiger partial charge in [0.15, 0.2) is 0 Å². The van der Waals surface area contributed by atoms with Gasteiger partial charge in [-0.15, -0.1) is 0 Å². The lowest BCUT2D eigenvalue weighted by molar-refractivity contribution is -0.138. The zero-order valence-corrected chi connectivity index (χ0v) is 16.5. The summed E-state index contributed by atoms with van der Waals surface area (Å²) >= 11 is 12.2. The van der Waals surface area contributed by atoms with Gasteiger partial charge in [-0.3, -0.25) is 14.5 Å². The average Bonchev–Trinajstić information content (AvgIpc) is 2.79. The summed E-state index contributed by atoms with van der Waals surface area (Å²) < 4.78 is 5.46. The van der Waals surface area contributed by atoms with Gasteiger partial charge >= 0.3 is 0 Å². The van der Waals surface area contributed by atoms with Crippen molar-refractivity contribution in [3.05, 3.63) is 39.5 Å². The fraction of sp³-hybridized carbons (Fsp3) is 0.444. The fourth-order valence-corrected chi connectivity index (χ4v) is 3.20. The van der Waals surface area contributed by atoms with E-state index in [-0.39, 0.29) is 48.7 Å². The number of likely N-dealkylation sites (N-methyl/N-ethyl adjacent to an activating group) is 1. The minimum Gasteiger partial charge on any atom is -0.395 e. The number of aliphatic hydroxyl groups excluding tert-OH is 1. The molecule has 1 aliphatic heterocycles. The van der Waals surface area contributed by atoms with Crippen LogP contribution in [0.5, 0.6) is 0 Å². The van der Waals surface area contributed by atoms with Crippen molar-refractivity contribution in [3.8, 4) is 0 Å². The van der Waals surface area contributed by atoms with E-state index in [4.69, 9.17) is 27.9 Å². The first-order valence-corrected chi connectivity index (χ1v) is 9.03. The Hall–Kier alpha value is -1.60. The molecule has 0 bridgehead atoms. The SMILES string of the molecule is CC(C)OCCN1C(=O)C(c2ccc(Cl)cc2Cl)=C(N(C)CCO)C1=O. The van der Waals surface area contributed by atoms with Gasteiger partial charge in [-0.25, -0.2) is 0 Å². The van der Waals surface area contributed by atoms with Gasteiger partial charge in [0.05, 0.1) is 36.5 Å². The third-order valence-electron chi connectivity index (χ3n) is 3.93.